The fraction of sp³-hybridized carbons (Fsp3) is 0.375. The summed E-state index contributed by atoms with van der Waals surface area (Å²) in [6.45, 7) is 1.45. The molecule has 23 heavy (non-hydrogen) atoms. The van der Waals surface area contributed by atoms with Gasteiger partial charge in [-0.05, 0) is 30.3 Å². The van der Waals surface area contributed by atoms with Crippen LogP contribution in [0.15, 0.2) is 36.5 Å². The Hall–Kier alpha value is -2.41. The van der Waals surface area contributed by atoms with Gasteiger partial charge in [-0.3, -0.25) is 9.48 Å². The summed E-state index contributed by atoms with van der Waals surface area (Å²) >= 11 is 0. The summed E-state index contributed by atoms with van der Waals surface area (Å²) in [7, 11) is 1.62. The SMILES string of the molecule is CO[C@@H]1CN(C(=O)COc2ccc(F)cc2)Cc2ccnn2C1. The minimum absolute atomic E-state index is 0.101. The molecule has 0 fully saturated rings. The lowest BCUT2D eigenvalue weighted by atomic mass is 10.3. The number of carbonyl (C=O) groups is 1. The predicted octanol–water partition coefficient (Wildman–Crippen LogP) is 1.46. The highest BCUT2D eigenvalue weighted by Gasteiger charge is 2.25. The molecule has 1 amide bonds. The number of methoxy groups -OCH3 is 1. The lowest BCUT2D eigenvalue weighted by molar-refractivity contribution is -0.135. The van der Waals surface area contributed by atoms with Gasteiger partial charge >= 0.3 is 0 Å². The summed E-state index contributed by atoms with van der Waals surface area (Å²) in [6.07, 6.45) is 1.59. The van der Waals surface area contributed by atoms with E-state index in [1.165, 1.54) is 24.3 Å². The molecule has 1 aliphatic rings. The minimum Gasteiger partial charge on any atom is -0.484 e. The number of benzene rings is 1. The zero-order valence-corrected chi connectivity index (χ0v) is 12.8. The van der Waals surface area contributed by atoms with Gasteiger partial charge in [-0.25, -0.2) is 4.39 Å². The summed E-state index contributed by atoms with van der Waals surface area (Å²) in [5, 5.41) is 4.24. The molecule has 2 heterocycles. The number of carbonyl (C=O) groups excluding carboxylic acids is 1. The maximum Gasteiger partial charge on any atom is 0.260 e. The van der Waals surface area contributed by atoms with Crippen LogP contribution in [0.4, 0.5) is 4.39 Å². The van der Waals surface area contributed by atoms with Gasteiger partial charge in [0.05, 0.1) is 24.9 Å². The third-order valence-corrected chi connectivity index (χ3v) is 3.82. The summed E-state index contributed by atoms with van der Waals surface area (Å²) in [6, 6.07) is 7.48. The molecule has 122 valence electrons. The Morgan fingerprint density at radius 2 is 2.09 bits per heavy atom. The summed E-state index contributed by atoms with van der Waals surface area (Å²) < 4.78 is 25.6. The van der Waals surface area contributed by atoms with Crippen LogP contribution in [0.3, 0.4) is 0 Å². The standard InChI is InChI=1S/C16H18FN3O3/c1-22-15-9-19(8-13-6-7-18-20(13)10-15)16(21)11-23-14-4-2-12(17)3-5-14/h2-7,15H,8-11H2,1H3/t15-/m1/s1. The van der Waals surface area contributed by atoms with E-state index in [1.54, 1.807) is 18.2 Å². The topological polar surface area (TPSA) is 56.6 Å². The molecule has 0 saturated carbocycles. The quantitative estimate of drug-likeness (QED) is 0.856. The number of aromatic nitrogens is 2. The van der Waals surface area contributed by atoms with Crippen LogP contribution in [-0.4, -0.2) is 47.0 Å². The van der Waals surface area contributed by atoms with Crippen molar-refractivity contribution in [2.45, 2.75) is 19.2 Å². The van der Waals surface area contributed by atoms with E-state index in [0.717, 1.165) is 5.69 Å². The van der Waals surface area contributed by atoms with E-state index in [2.05, 4.69) is 5.10 Å². The molecular weight excluding hydrogens is 301 g/mol. The number of hydrogen-bond donors (Lipinski definition) is 0. The van der Waals surface area contributed by atoms with Gasteiger partial charge in [-0.1, -0.05) is 0 Å². The Morgan fingerprint density at radius 1 is 1.30 bits per heavy atom. The van der Waals surface area contributed by atoms with Crippen molar-refractivity contribution in [1.82, 2.24) is 14.7 Å². The van der Waals surface area contributed by atoms with Gasteiger partial charge in [-0.15, -0.1) is 0 Å². The van der Waals surface area contributed by atoms with Crippen LogP contribution in [0.2, 0.25) is 0 Å². The summed E-state index contributed by atoms with van der Waals surface area (Å²) in [5.74, 6) is -0.0266. The number of amides is 1. The number of halogens is 1. The Morgan fingerprint density at radius 3 is 2.83 bits per heavy atom. The maximum absolute atomic E-state index is 12.9. The van der Waals surface area contributed by atoms with Crippen LogP contribution in [0.25, 0.3) is 0 Å². The zero-order chi connectivity index (χ0) is 16.2. The van der Waals surface area contributed by atoms with Gasteiger partial charge in [0.2, 0.25) is 0 Å². The minimum atomic E-state index is -0.340. The first-order valence-electron chi connectivity index (χ1n) is 7.35. The van der Waals surface area contributed by atoms with Gasteiger partial charge in [0.1, 0.15) is 11.6 Å². The molecule has 0 unspecified atom stereocenters. The van der Waals surface area contributed by atoms with Gasteiger partial charge < -0.3 is 14.4 Å². The Labute approximate surface area is 133 Å². The van der Waals surface area contributed by atoms with E-state index in [9.17, 15) is 9.18 Å². The highest BCUT2D eigenvalue weighted by molar-refractivity contribution is 5.77. The van der Waals surface area contributed by atoms with Crippen LogP contribution < -0.4 is 4.74 Å². The molecule has 0 N–H and O–H groups in total. The molecule has 1 aliphatic heterocycles. The average molecular weight is 319 g/mol. The van der Waals surface area contributed by atoms with Gasteiger partial charge in [0.25, 0.3) is 5.91 Å². The third kappa shape index (κ3) is 3.68. The Kier molecular flexibility index (Phi) is 4.57. The largest absolute Gasteiger partial charge is 0.484 e. The molecule has 1 atom stereocenters. The van der Waals surface area contributed by atoms with Crippen LogP contribution in [0.1, 0.15) is 5.69 Å². The molecule has 0 saturated heterocycles. The highest BCUT2D eigenvalue weighted by Crippen LogP contribution is 2.15. The maximum atomic E-state index is 12.9. The molecule has 0 spiro atoms. The van der Waals surface area contributed by atoms with Gasteiger partial charge in [0, 0.05) is 19.9 Å². The fourth-order valence-corrected chi connectivity index (χ4v) is 2.52. The van der Waals surface area contributed by atoms with Crippen molar-refractivity contribution >= 4 is 5.91 Å². The molecule has 6 nitrogen and oxygen atoms in total. The molecule has 3 rings (SSSR count). The molecule has 1 aromatic carbocycles. The molecule has 7 heteroatoms. The second kappa shape index (κ2) is 6.78. The highest BCUT2D eigenvalue weighted by atomic mass is 19.1. The van der Waals surface area contributed by atoms with E-state index in [4.69, 9.17) is 9.47 Å². The van der Waals surface area contributed by atoms with Crippen molar-refractivity contribution in [1.29, 1.82) is 0 Å². The lowest BCUT2D eigenvalue weighted by Gasteiger charge is -2.23. The Bertz CT molecular complexity index is 671. The first-order valence-corrected chi connectivity index (χ1v) is 7.35. The molecule has 2 aromatic rings. The monoisotopic (exact) mass is 319 g/mol. The molecule has 0 aliphatic carbocycles. The third-order valence-electron chi connectivity index (χ3n) is 3.82. The first kappa shape index (κ1) is 15.5. The normalized spacial score (nSPS) is 17.5. The van der Waals surface area contributed by atoms with Crippen molar-refractivity contribution in [3.63, 3.8) is 0 Å². The van der Waals surface area contributed by atoms with E-state index in [-0.39, 0.29) is 24.4 Å². The summed E-state index contributed by atoms with van der Waals surface area (Å²) in [5.41, 5.74) is 0.958. The van der Waals surface area contributed by atoms with Gasteiger partial charge in [-0.2, -0.15) is 5.10 Å². The molecule has 0 radical (unpaired) electrons. The molecule has 1 aromatic heterocycles. The van der Waals surface area contributed by atoms with Crippen molar-refractivity contribution in [2.24, 2.45) is 0 Å². The van der Waals surface area contributed by atoms with Crippen LogP contribution in [-0.2, 0) is 22.6 Å². The second-order valence-corrected chi connectivity index (χ2v) is 5.38. The second-order valence-electron chi connectivity index (χ2n) is 5.38. The number of nitrogens with zero attached hydrogens (tertiary/aromatic N) is 3. The Balaban J connectivity index is 1.65. The number of hydrogen-bond acceptors (Lipinski definition) is 4. The number of rotatable bonds is 4. The first-order chi connectivity index (χ1) is 11.2. The van der Waals surface area contributed by atoms with Crippen molar-refractivity contribution in [3.8, 4) is 5.75 Å². The van der Waals surface area contributed by atoms with Crippen molar-refractivity contribution in [3.05, 3.63) is 48.0 Å². The summed E-state index contributed by atoms with van der Waals surface area (Å²) in [4.78, 5) is 14.1. The fourth-order valence-electron chi connectivity index (χ4n) is 2.52. The average Bonchev–Trinajstić information content (AvgIpc) is 2.91. The van der Waals surface area contributed by atoms with E-state index >= 15 is 0 Å². The lowest BCUT2D eigenvalue weighted by Crippen LogP contribution is -2.39. The number of ether oxygens (including phenoxy) is 2. The number of fused-ring (bicyclic) bond motifs is 1. The van der Waals surface area contributed by atoms with Crippen LogP contribution >= 0.6 is 0 Å². The van der Waals surface area contributed by atoms with Crippen molar-refractivity contribution in [2.75, 3.05) is 20.3 Å². The van der Waals surface area contributed by atoms with Crippen molar-refractivity contribution < 1.29 is 18.7 Å². The van der Waals surface area contributed by atoms with Crippen LogP contribution in [0.5, 0.6) is 5.75 Å². The predicted molar refractivity (Wildman–Crippen MR) is 80.3 cm³/mol. The van der Waals surface area contributed by atoms with E-state index in [0.29, 0.717) is 25.4 Å². The van der Waals surface area contributed by atoms with Gasteiger partial charge in [0.15, 0.2) is 6.61 Å². The van der Waals surface area contributed by atoms with E-state index < -0.39 is 0 Å². The molecule has 0 bridgehead atoms. The van der Waals surface area contributed by atoms with E-state index in [1.807, 2.05) is 10.7 Å². The smallest absolute Gasteiger partial charge is 0.260 e. The zero-order valence-electron chi connectivity index (χ0n) is 12.8. The molecular formula is C16H18FN3O3. The van der Waals surface area contributed by atoms with Crippen LogP contribution in [0, 0.1) is 5.82 Å².